The summed E-state index contributed by atoms with van der Waals surface area (Å²) in [6, 6.07) is 0.167. The van der Waals surface area contributed by atoms with Crippen LogP contribution in [0.5, 0.6) is 0 Å². The lowest BCUT2D eigenvalue weighted by molar-refractivity contribution is 0.0938. The summed E-state index contributed by atoms with van der Waals surface area (Å²) in [7, 11) is 0. The van der Waals surface area contributed by atoms with E-state index in [0.717, 1.165) is 19.4 Å². The molecule has 1 aromatic rings. The van der Waals surface area contributed by atoms with E-state index in [1.54, 1.807) is 12.4 Å². The SMILES string of the molecule is CCCNc1ncc(C(=O)NC(C)CC)cn1. The number of nitrogens with one attached hydrogen (secondary N) is 2. The summed E-state index contributed by atoms with van der Waals surface area (Å²) in [5.74, 6) is 0.438. The van der Waals surface area contributed by atoms with Gasteiger partial charge in [-0.1, -0.05) is 13.8 Å². The molecule has 17 heavy (non-hydrogen) atoms. The Balaban J connectivity index is 2.57. The van der Waals surface area contributed by atoms with E-state index in [2.05, 4.69) is 27.5 Å². The van der Waals surface area contributed by atoms with Gasteiger partial charge >= 0.3 is 0 Å². The molecule has 0 aliphatic rings. The molecule has 0 fully saturated rings. The molecule has 0 aliphatic heterocycles. The van der Waals surface area contributed by atoms with Crippen LogP contribution < -0.4 is 10.6 Å². The summed E-state index contributed by atoms with van der Waals surface area (Å²) >= 11 is 0. The second-order valence-electron chi connectivity index (χ2n) is 4.00. The average molecular weight is 236 g/mol. The lowest BCUT2D eigenvalue weighted by Gasteiger charge is -2.11. The summed E-state index contributed by atoms with van der Waals surface area (Å²) in [6.45, 7) is 6.90. The Morgan fingerprint density at radius 3 is 2.53 bits per heavy atom. The van der Waals surface area contributed by atoms with Crippen LogP contribution in [0.3, 0.4) is 0 Å². The standard InChI is InChI=1S/C12H20N4O/c1-4-6-13-12-14-7-10(8-15-12)11(17)16-9(3)5-2/h7-9H,4-6H2,1-3H3,(H,16,17)(H,13,14,15). The Hall–Kier alpha value is -1.65. The molecule has 1 aromatic heterocycles. The fraction of sp³-hybridized carbons (Fsp3) is 0.583. The van der Waals surface area contributed by atoms with Crippen LogP contribution in [0.2, 0.25) is 0 Å². The summed E-state index contributed by atoms with van der Waals surface area (Å²) in [4.78, 5) is 19.9. The van der Waals surface area contributed by atoms with Crippen molar-refractivity contribution in [1.82, 2.24) is 15.3 Å². The van der Waals surface area contributed by atoms with Gasteiger partial charge in [0.15, 0.2) is 0 Å². The number of carbonyl (C=O) groups excluding carboxylic acids is 1. The molecule has 1 amide bonds. The first-order valence-corrected chi connectivity index (χ1v) is 6.04. The zero-order valence-corrected chi connectivity index (χ0v) is 10.7. The van der Waals surface area contributed by atoms with Gasteiger partial charge in [-0.2, -0.15) is 0 Å². The Bertz CT molecular complexity index is 350. The molecular formula is C12H20N4O. The number of anilines is 1. The first kappa shape index (κ1) is 13.4. The van der Waals surface area contributed by atoms with Crippen LogP contribution in [0, 0.1) is 0 Å². The van der Waals surface area contributed by atoms with Crippen molar-refractivity contribution in [2.45, 2.75) is 39.7 Å². The van der Waals surface area contributed by atoms with E-state index in [0.29, 0.717) is 11.5 Å². The third-order valence-electron chi connectivity index (χ3n) is 2.44. The molecule has 0 spiro atoms. The number of nitrogens with zero attached hydrogens (tertiary/aromatic N) is 2. The second kappa shape index (κ2) is 6.83. The first-order valence-electron chi connectivity index (χ1n) is 6.04. The average Bonchev–Trinajstić information content (AvgIpc) is 2.36. The molecule has 1 rings (SSSR count). The molecule has 0 aromatic carbocycles. The number of amides is 1. The highest BCUT2D eigenvalue weighted by Crippen LogP contribution is 2.01. The molecule has 0 bridgehead atoms. The molecule has 1 unspecified atom stereocenters. The predicted octanol–water partition coefficient (Wildman–Crippen LogP) is 1.83. The molecule has 0 saturated heterocycles. The van der Waals surface area contributed by atoms with E-state index in [1.807, 2.05) is 13.8 Å². The molecule has 94 valence electrons. The quantitative estimate of drug-likeness (QED) is 0.790. The van der Waals surface area contributed by atoms with Crippen LogP contribution in [0.4, 0.5) is 5.95 Å². The van der Waals surface area contributed by atoms with Crippen LogP contribution in [-0.2, 0) is 0 Å². The fourth-order valence-corrected chi connectivity index (χ4v) is 1.18. The number of hydrogen-bond acceptors (Lipinski definition) is 4. The smallest absolute Gasteiger partial charge is 0.254 e. The number of rotatable bonds is 6. The van der Waals surface area contributed by atoms with E-state index in [-0.39, 0.29) is 11.9 Å². The number of hydrogen-bond donors (Lipinski definition) is 2. The third-order valence-corrected chi connectivity index (χ3v) is 2.44. The van der Waals surface area contributed by atoms with Gasteiger partial charge in [-0.15, -0.1) is 0 Å². The fourth-order valence-electron chi connectivity index (χ4n) is 1.18. The van der Waals surface area contributed by atoms with Crippen molar-refractivity contribution < 1.29 is 4.79 Å². The van der Waals surface area contributed by atoms with Crippen LogP contribution in [-0.4, -0.2) is 28.5 Å². The summed E-state index contributed by atoms with van der Waals surface area (Å²) < 4.78 is 0. The van der Waals surface area contributed by atoms with Gasteiger partial charge in [0.05, 0.1) is 5.56 Å². The highest BCUT2D eigenvalue weighted by molar-refractivity contribution is 5.93. The van der Waals surface area contributed by atoms with Crippen molar-refractivity contribution in [2.24, 2.45) is 0 Å². The van der Waals surface area contributed by atoms with Gasteiger partial charge in [0.2, 0.25) is 5.95 Å². The zero-order chi connectivity index (χ0) is 12.7. The lowest BCUT2D eigenvalue weighted by atomic mass is 10.2. The molecule has 0 saturated carbocycles. The van der Waals surface area contributed by atoms with Gasteiger partial charge in [-0.05, 0) is 19.8 Å². The van der Waals surface area contributed by atoms with E-state index >= 15 is 0 Å². The Morgan fingerprint density at radius 2 is 2.00 bits per heavy atom. The molecule has 1 heterocycles. The topological polar surface area (TPSA) is 66.9 Å². The van der Waals surface area contributed by atoms with E-state index < -0.39 is 0 Å². The van der Waals surface area contributed by atoms with Gasteiger partial charge in [0.25, 0.3) is 5.91 Å². The summed E-state index contributed by atoms with van der Waals surface area (Å²) in [6.07, 6.45) is 5.01. The van der Waals surface area contributed by atoms with Crippen molar-refractivity contribution in [2.75, 3.05) is 11.9 Å². The summed E-state index contributed by atoms with van der Waals surface area (Å²) in [5, 5.41) is 5.93. The third kappa shape index (κ3) is 4.38. The van der Waals surface area contributed by atoms with E-state index in [9.17, 15) is 4.79 Å². The van der Waals surface area contributed by atoms with Gasteiger partial charge in [-0.3, -0.25) is 4.79 Å². The minimum absolute atomic E-state index is 0.124. The Kier molecular flexibility index (Phi) is 5.39. The molecule has 0 aliphatic carbocycles. The number of aromatic nitrogens is 2. The molecule has 2 N–H and O–H groups in total. The Morgan fingerprint density at radius 1 is 1.35 bits per heavy atom. The van der Waals surface area contributed by atoms with Gasteiger partial charge in [0, 0.05) is 25.0 Å². The molecule has 5 nitrogen and oxygen atoms in total. The Labute approximate surface area is 102 Å². The largest absolute Gasteiger partial charge is 0.354 e. The lowest BCUT2D eigenvalue weighted by Crippen LogP contribution is -2.32. The molecular weight excluding hydrogens is 216 g/mol. The predicted molar refractivity (Wildman–Crippen MR) is 68.0 cm³/mol. The minimum Gasteiger partial charge on any atom is -0.354 e. The van der Waals surface area contributed by atoms with Crippen LogP contribution in [0.1, 0.15) is 44.0 Å². The first-order chi connectivity index (χ1) is 8.17. The maximum absolute atomic E-state index is 11.7. The normalized spacial score (nSPS) is 11.9. The van der Waals surface area contributed by atoms with Crippen molar-refractivity contribution in [3.05, 3.63) is 18.0 Å². The van der Waals surface area contributed by atoms with Crippen molar-refractivity contribution in [3.63, 3.8) is 0 Å². The monoisotopic (exact) mass is 236 g/mol. The van der Waals surface area contributed by atoms with Gasteiger partial charge < -0.3 is 10.6 Å². The van der Waals surface area contributed by atoms with Crippen LogP contribution in [0.25, 0.3) is 0 Å². The van der Waals surface area contributed by atoms with Crippen molar-refractivity contribution in [1.29, 1.82) is 0 Å². The molecule has 5 heteroatoms. The highest BCUT2D eigenvalue weighted by Gasteiger charge is 2.09. The van der Waals surface area contributed by atoms with Gasteiger partial charge in [-0.25, -0.2) is 9.97 Å². The van der Waals surface area contributed by atoms with Gasteiger partial charge in [0.1, 0.15) is 0 Å². The van der Waals surface area contributed by atoms with Crippen molar-refractivity contribution in [3.8, 4) is 0 Å². The van der Waals surface area contributed by atoms with Crippen LogP contribution in [0.15, 0.2) is 12.4 Å². The van der Waals surface area contributed by atoms with E-state index in [1.165, 1.54) is 0 Å². The van der Waals surface area contributed by atoms with Crippen LogP contribution >= 0.6 is 0 Å². The zero-order valence-electron chi connectivity index (χ0n) is 10.7. The summed E-state index contributed by atoms with van der Waals surface area (Å²) in [5.41, 5.74) is 0.493. The maximum Gasteiger partial charge on any atom is 0.254 e. The molecule has 1 atom stereocenters. The minimum atomic E-state index is -0.124. The highest BCUT2D eigenvalue weighted by atomic mass is 16.1. The maximum atomic E-state index is 11.7. The van der Waals surface area contributed by atoms with E-state index in [4.69, 9.17) is 0 Å². The molecule has 0 radical (unpaired) electrons. The van der Waals surface area contributed by atoms with Crippen molar-refractivity contribution >= 4 is 11.9 Å². The second-order valence-corrected chi connectivity index (χ2v) is 4.00. The number of carbonyl (C=O) groups is 1.